The van der Waals surface area contributed by atoms with E-state index in [4.69, 9.17) is 5.73 Å². The molecule has 2 heterocycles. The molecule has 0 saturated carbocycles. The van der Waals surface area contributed by atoms with E-state index in [1.54, 1.807) is 29.8 Å². The van der Waals surface area contributed by atoms with Gasteiger partial charge in [-0.1, -0.05) is 11.8 Å². The van der Waals surface area contributed by atoms with Gasteiger partial charge in [-0.15, -0.1) is 0 Å². The van der Waals surface area contributed by atoms with Crippen LogP contribution in [0.15, 0.2) is 35.3 Å². The van der Waals surface area contributed by atoms with E-state index in [1.165, 1.54) is 5.56 Å². The summed E-state index contributed by atoms with van der Waals surface area (Å²) in [6, 6.07) is 3.72. The van der Waals surface area contributed by atoms with Crippen LogP contribution in [-0.4, -0.2) is 24.0 Å². The molecule has 2 rings (SSSR count). The summed E-state index contributed by atoms with van der Waals surface area (Å²) < 4.78 is 0. The average molecular weight is 285 g/mol. The first-order chi connectivity index (χ1) is 9.81. The fraction of sp³-hybridized carbons (Fsp3) is 0.200. The summed E-state index contributed by atoms with van der Waals surface area (Å²) in [4.78, 5) is 16.1. The Morgan fingerprint density at radius 1 is 1.45 bits per heavy atom. The first-order valence-corrected chi connectivity index (χ1v) is 7.18. The molecule has 2 aromatic heterocycles. The van der Waals surface area contributed by atoms with Gasteiger partial charge >= 0.3 is 0 Å². The molecule has 1 amide bonds. The lowest BCUT2D eigenvalue weighted by Crippen LogP contribution is -2.26. The number of nitrogens with one attached hydrogen (secondary N) is 1. The van der Waals surface area contributed by atoms with Gasteiger partial charge in [0, 0.05) is 18.9 Å². The predicted octanol–water partition coefficient (Wildman–Crippen LogP) is 1.43. The Balaban J connectivity index is 1.98. The highest BCUT2D eigenvalue weighted by Crippen LogP contribution is 2.07. The van der Waals surface area contributed by atoms with E-state index in [0.717, 1.165) is 6.42 Å². The molecule has 4 nitrogen and oxygen atoms in total. The number of aromatic nitrogens is 1. The first kappa shape index (κ1) is 14.3. The zero-order valence-electron chi connectivity index (χ0n) is 10.9. The van der Waals surface area contributed by atoms with Gasteiger partial charge in [-0.3, -0.25) is 9.78 Å². The normalized spacial score (nSPS) is 9.65. The molecule has 2 aromatic rings. The minimum absolute atomic E-state index is 0.135. The fourth-order valence-corrected chi connectivity index (χ4v) is 2.39. The third-order valence-electron chi connectivity index (χ3n) is 2.67. The molecule has 0 radical (unpaired) electrons. The van der Waals surface area contributed by atoms with Crippen LogP contribution in [0.3, 0.4) is 0 Å². The molecule has 0 aliphatic rings. The molecular formula is C15H15N3OS. The standard InChI is InChI=1S/C15H15N3OS/c16-6-1-2-13-10-17-7-4-14(13)15(19)18-8-3-12-5-9-20-11-12/h4-5,7,9-11H,3,6,8,16H2,(H,18,19). The quantitative estimate of drug-likeness (QED) is 0.835. The summed E-state index contributed by atoms with van der Waals surface area (Å²) in [6.45, 7) is 0.857. The van der Waals surface area contributed by atoms with Crippen molar-refractivity contribution in [2.24, 2.45) is 5.73 Å². The first-order valence-electron chi connectivity index (χ1n) is 6.23. The van der Waals surface area contributed by atoms with Crippen molar-refractivity contribution >= 4 is 17.2 Å². The highest BCUT2D eigenvalue weighted by Gasteiger charge is 2.09. The van der Waals surface area contributed by atoms with E-state index in [0.29, 0.717) is 17.7 Å². The summed E-state index contributed by atoms with van der Waals surface area (Å²) in [5.74, 6) is 5.46. The molecule has 0 fully saturated rings. The maximum Gasteiger partial charge on any atom is 0.252 e. The minimum Gasteiger partial charge on any atom is -0.352 e. The zero-order chi connectivity index (χ0) is 14.2. The number of thiophene rings is 1. The predicted molar refractivity (Wildman–Crippen MR) is 80.5 cm³/mol. The van der Waals surface area contributed by atoms with Gasteiger partial charge in [0.25, 0.3) is 5.91 Å². The molecule has 0 unspecified atom stereocenters. The molecule has 0 aliphatic heterocycles. The van der Waals surface area contributed by atoms with Gasteiger partial charge in [-0.25, -0.2) is 0 Å². The number of nitrogens with zero attached hydrogens (tertiary/aromatic N) is 1. The topological polar surface area (TPSA) is 68.0 Å². The number of rotatable bonds is 4. The van der Waals surface area contributed by atoms with E-state index in [2.05, 4.69) is 33.6 Å². The SMILES string of the molecule is NCC#Cc1cnccc1C(=O)NCCc1ccsc1. The van der Waals surface area contributed by atoms with E-state index in [1.807, 2.05) is 5.38 Å². The van der Waals surface area contributed by atoms with Crippen LogP contribution in [-0.2, 0) is 6.42 Å². The molecule has 0 aliphatic carbocycles. The van der Waals surface area contributed by atoms with E-state index >= 15 is 0 Å². The lowest BCUT2D eigenvalue weighted by Gasteiger charge is -2.06. The number of nitrogens with two attached hydrogens (primary N) is 1. The van der Waals surface area contributed by atoms with Gasteiger partial charge in [0.05, 0.1) is 17.7 Å². The van der Waals surface area contributed by atoms with Crippen LogP contribution in [0.1, 0.15) is 21.5 Å². The highest BCUT2D eigenvalue weighted by molar-refractivity contribution is 7.07. The third-order valence-corrected chi connectivity index (χ3v) is 3.40. The van der Waals surface area contributed by atoms with E-state index in [-0.39, 0.29) is 12.5 Å². The van der Waals surface area contributed by atoms with Crippen LogP contribution in [0.5, 0.6) is 0 Å². The van der Waals surface area contributed by atoms with Crippen LogP contribution in [0.2, 0.25) is 0 Å². The van der Waals surface area contributed by atoms with Gasteiger partial charge in [-0.05, 0) is 34.9 Å². The molecule has 5 heteroatoms. The fourth-order valence-electron chi connectivity index (χ4n) is 1.69. The van der Waals surface area contributed by atoms with Gasteiger partial charge < -0.3 is 11.1 Å². The van der Waals surface area contributed by atoms with E-state index < -0.39 is 0 Å². The number of hydrogen-bond acceptors (Lipinski definition) is 4. The van der Waals surface area contributed by atoms with Crippen molar-refractivity contribution < 1.29 is 4.79 Å². The lowest BCUT2D eigenvalue weighted by atomic mass is 10.1. The minimum atomic E-state index is -0.135. The maximum absolute atomic E-state index is 12.1. The average Bonchev–Trinajstić information content (AvgIpc) is 2.98. The molecule has 102 valence electrons. The lowest BCUT2D eigenvalue weighted by molar-refractivity contribution is 0.0954. The summed E-state index contributed by atoms with van der Waals surface area (Å²) in [6.07, 6.45) is 3.99. The highest BCUT2D eigenvalue weighted by atomic mass is 32.1. The molecule has 0 aromatic carbocycles. The molecule has 3 N–H and O–H groups in total. The van der Waals surface area contributed by atoms with Gasteiger partial charge in [0.15, 0.2) is 0 Å². The number of carbonyl (C=O) groups excluding carboxylic acids is 1. The molecule has 0 atom stereocenters. The summed E-state index contributed by atoms with van der Waals surface area (Å²) >= 11 is 1.66. The molecular weight excluding hydrogens is 270 g/mol. The van der Waals surface area contributed by atoms with Gasteiger partial charge in [0.1, 0.15) is 0 Å². The molecule has 0 spiro atoms. The summed E-state index contributed by atoms with van der Waals surface area (Å²) in [5.41, 5.74) is 7.71. The summed E-state index contributed by atoms with van der Waals surface area (Å²) in [7, 11) is 0. The van der Waals surface area contributed by atoms with Crippen molar-refractivity contribution in [2.45, 2.75) is 6.42 Å². The Morgan fingerprint density at radius 2 is 2.35 bits per heavy atom. The van der Waals surface area contributed by atoms with Crippen molar-refractivity contribution in [3.8, 4) is 11.8 Å². The Labute approximate surface area is 122 Å². The maximum atomic E-state index is 12.1. The Hall–Kier alpha value is -2.16. The van der Waals surface area contributed by atoms with Crippen molar-refractivity contribution in [1.82, 2.24) is 10.3 Å². The number of carbonyl (C=O) groups is 1. The Bertz CT molecular complexity index is 626. The monoisotopic (exact) mass is 285 g/mol. The smallest absolute Gasteiger partial charge is 0.252 e. The van der Waals surface area contributed by atoms with E-state index in [9.17, 15) is 4.79 Å². The number of amides is 1. The van der Waals surface area contributed by atoms with Crippen molar-refractivity contribution in [2.75, 3.05) is 13.1 Å². The second kappa shape index (κ2) is 7.43. The van der Waals surface area contributed by atoms with Crippen LogP contribution in [0, 0.1) is 11.8 Å². The summed E-state index contributed by atoms with van der Waals surface area (Å²) in [5, 5.41) is 7.00. The van der Waals surface area contributed by atoms with Gasteiger partial charge in [-0.2, -0.15) is 11.3 Å². The second-order valence-corrected chi connectivity index (χ2v) is 4.84. The van der Waals surface area contributed by atoms with Crippen molar-refractivity contribution in [3.05, 3.63) is 52.0 Å². The van der Waals surface area contributed by atoms with Crippen LogP contribution >= 0.6 is 11.3 Å². The van der Waals surface area contributed by atoms with Crippen molar-refractivity contribution in [3.63, 3.8) is 0 Å². The number of hydrogen-bond donors (Lipinski definition) is 2. The van der Waals surface area contributed by atoms with Gasteiger partial charge in [0.2, 0.25) is 0 Å². The number of pyridine rings is 1. The largest absolute Gasteiger partial charge is 0.352 e. The Morgan fingerprint density at radius 3 is 3.10 bits per heavy atom. The second-order valence-electron chi connectivity index (χ2n) is 4.06. The van der Waals surface area contributed by atoms with Crippen LogP contribution in [0.4, 0.5) is 0 Å². The Kier molecular flexibility index (Phi) is 5.30. The van der Waals surface area contributed by atoms with Crippen LogP contribution < -0.4 is 11.1 Å². The third kappa shape index (κ3) is 3.92. The molecule has 0 saturated heterocycles. The zero-order valence-corrected chi connectivity index (χ0v) is 11.7. The molecule has 0 bridgehead atoms. The van der Waals surface area contributed by atoms with Crippen LogP contribution in [0.25, 0.3) is 0 Å². The molecule has 20 heavy (non-hydrogen) atoms. The van der Waals surface area contributed by atoms with Crippen molar-refractivity contribution in [1.29, 1.82) is 0 Å².